The summed E-state index contributed by atoms with van der Waals surface area (Å²) in [5.41, 5.74) is 3.11. The van der Waals surface area contributed by atoms with E-state index in [9.17, 15) is 14.4 Å². The minimum Gasteiger partial charge on any atom is -0.465 e. The Morgan fingerprint density at radius 1 is 0.872 bits per heavy atom. The van der Waals surface area contributed by atoms with Gasteiger partial charge in [-0.1, -0.05) is 48.5 Å². The molecular weight excluding hydrogens is 494 g/mol. The maximum atomic E-state index is 12.9. The van der Waals surface area contributed by atoms with Crippen LogP contribution in [0.5, 0.6) is 0 Å². The molecule has 0 aliphatic heterocycles. The number of rotatable bonds is 7. The molecule has 4 aromatic carbocycles. The lowest BCUT2D eigenvalue weighted by molar-refractivity contribution is -0.115. The highest BCUT2D eigenvalue weighted by atomic mass is 16.4. The molecule has 1 heterocycles. The van der Waals surface area contributed by atoms with E-state index in [-0.39, 0.29) is 24.2 Å². The molecule has 3 amide bonds. The third-order valence-corrected chi connectivity index (χ3v) is 6.20. The highest BCUT2D eigenvalue weighted by molar-refractivity contribution is 6.08. The predicted molar refractivity (Wildman–Crippen MR) is 151 cm³/mol. The van der Waals surface area contributed by atoms with E-state index in [0.717, 1.165) is 32.8 Å². The maximum Gasteiger partial charge on any atom is 0.405 e. The summed E-state index contributed by atoms with van der Waals surface area (Å²) in [6.45, 7) is 3.43. The van der Waals surface area contributed by atoms with E-state index < -0.39 is 12.0 Å². The fourth-order valence-electron chi connectivity index (χ4n) is 4.44. The number of fused-ring (bicyclic) bond motifs is 3. The third kappa shape index (κ3) is 5.57. The van der Waals surface area contributed by atoms with Crippen molar-refractivity contribution in [2.45, 2.75) is 19.9 Å². The quantitative estimate of drug-likeness (QED) is 0.219. The van der Waals surface area contributed by atoms with Gasteiger partial charge in [0.05, 0.1) is 11.4 Å². The van der Waals surface area contributed by atoms with Crippen molar-refractivity contribution in [1.82, 2.24) is 20.4 Å². The molecule has 9 heteroatoms. The van der Waals surface area contributed by atoms with Crippen LogP contribution < -0.4 is 16.0 Å². The van der Waals surface area contributed by atoms with Gasteiger partial charge in [-0.2, -0.15) is 5.10 Å². The van der Waals surface area contributed by atoms with Gasteiger partial charge in [0, 0.05) is 17.3 Å². The number of aromatic nitrogens is 2. The van der Waals surface area contributed by atoms with Crippen LogP contribution in [0.3, 0.4) is 0 Å². The van der Waals surface area contributed by atoms with Gasteiger partial charge in [0.1, 0.15) is 6.54 Å². The molecule has 0 saturated heterocycles. The van der Waals surface area contributed by atoms with Crippen LogP contribution in [0.1, 0.15) is 24.3 Å². The Balaban J connectivity index is 1.55. The van der Waals surface area contributed by atoms with E-state index in [2.05, 4.69) is 52.1 Å². The zero-order valence-electron chi connectivity index (χ0n) is 21.4. The second-order valence-electron chi connectivity index (χ2n) is 9.43. The molecular formula is C30H27N5O4. The molecule has 196 valence electrons. The molecule has 0 aliphatic carbocycles. The fourth-order valence-corrected chi connectivity index (χ4v) is 4.44. The second kappa shape index (κ2) is 10.7. The zero-order valence-corrected chi connectivity index (χ0v) is 21.4. The van der Waals surface area contributed by atoms with Crippen molar-refractivity contribution < 1.29 is 19.5 Å². The highest BCUT2D eigenvalue weighted by Gasteiger charge is 2.18. The number of benzene rings is 4. The zero-order chi connectivity index (χ0) is 27.5. The number of amides is 3. The predicted octanol–water partition coefficient (Wildman–Crippen LogP) is 5.19. The van der Waals surface area contributed by atoms with Gasteiger partial charge in [-0.3, -0.25) is 9.59 Å². The third-order valence-electron chi connectivity index (χ3n) is 6.20. The summed E-state index contributed by atoms with van der Waals surface area (Å²) < 4.78 is 1.71. The second-order valence-corrected chi connectivity index (χ2v) is 9.43. The van der Waals surface area contributed by atoms with Gasteiger partial charge in [0.25, 0.3) is 5.91 Å². The van der Waals surface area contributed by atoms with Crippen molar-refractivity contribution in [1.29, 1.82) is 0 Å². The molecule has 5 aromatic rings. The van der Waals surface area contributed by atoms with Crippen molar-refractivity contribution in [2.24, 2.45) is 0 Å². The molecule has 0 aliphatic rings. The van der Waals surface area contributed by atoms with Crippen LogP contribution in [-0.2, 0) is 4.79 Å². The maximum absolute atomic E-state index is 12.9. The van der Waals surface area contributed by atoms with Crippen LogP contribution in [0.2, 0.25) is 0 Å². The molecule has 0 radical (unpaired) electrons. The van der Waals surface area contributed by atoms with E-state index in [0.29, 0.717) is 11.4 Å². The van der Waals surface area contributed by atoms with Crippen LogP contribution in [0.4, 0.5) is 10.5 Å². The van der Waals surface area contributed by atoms with Gasteiger partial charge in [-0.15, -0.1) is 0 Å². The first-order valence-electron chi connectivity index (χ1n) is 12.5. The Morgan fingerprint density at radius 2 is 1.56 bits per heavy atom. The van der Waals surface area contributed by atoms with E-state index in [1.165, 1.54) is 0 Å². The molecule has 1 aromatic heterocycles. The standard InChI is InChI=1S/C30H27N5O4/c1-18(2)32-29(37)26-16-27(21-10-9-20-8-7-19-5-3-4-6-24(19)25(20)15-21)35(34-26)23-13-11-22(12-14-23)33-28(36)17-31-30(38)39/h3-16,18,31H,17H2,1-2H3,(H,32,37)(H,33,36)(H,38,39). The van der Waals surface area contributed by atoms with E-state index >= 15 is 0 Å². The number of nitrogens with one attached hydrogen (secondary N) is 3. The smallest absolute Gasteiger partial charge is 0.405 e. The SMILES string of the molecule is CC(C)NC(=O)c1cc(-c2ccc3ccc4ccccc4c3c2)n(-c2ccc(NC(=O)CNC(=O)O)cc2)n1. The largest absolute Gasteiger partial charge is 0.465 e. The molecule has 5 rings (SSSR count). The van der Waals surface area contributed by atoms with Gasteiger partial charge in [0.2, 0.25) is 5.91 Å². The molecule has 0 spiro atoms. The van der Waals surface area contributed by atoms with Crippen molar-refractivity contribution >= 4 is 45.1 Å². The van der Waals surface area contributed by atoms with Crippen molar-refractivity contribution in [3.63, 3.8) is 0 Å². The molecule has 39 heavy (non-hydrogen) atoms. The summed E-state index contributed by atoms with van der Waals surface area (Å²) >= 11 is 0. The van der Waals surface area contributed by atoms with Crippen LogP contribution in [0.25, 0.3) is 38.5 Å². The minimum absolute atomic E-state index is 0.0448. The Hall–Kier alpha value is -5.18. The number of hydrogen-bond donors (Lipinski definition) is 4. The molecule has 0 bridgehead atoms. The molecule has 9 nitrogen and oxygen atoms in total. The minimum atomic E-state index is -1.27. The Morgan fingerprint density at radius 3 is 2.28 bits per heavy atom. The summed E-state index contributed by atoms with van der Waals surface area (Å²) in [6, 6.07) is 27.3. The van der Waals surface area contributed by atoms with Gasteiger partial charge in [-0.05, 0) is 71.8 Å². The molecule has 0 atom stereocenters. The summed E-state index contributed by atoms with van der Waals surface area (Å²) in [4.78, 5) is 35.5. The first-order chi connectivity index (χ1) is 18.8. The summed E-state index contributed by atoms with van der Waals surface area (Å²) in [5.74, 6) is -0.757. The first kappa shape index (κ1) is 25.5. The van der Waals surface area contributed by atoms with Crippen LogP contribution >= 0.6 is 0 Å². The van der Waals surface area contributed by atoms with Crippen LogP contribution in [-0.4, -0.2) is 45.4 Å². The lowest BCUT2D eigenvalue weighted by Gasteiger charge is -2.11. The number of anilines is 1. The highest BCUT2D eigenvalue weighted by Crippen LogP contribution is 2.31. The average molecular weight is 522 g/mol. The van der Waals surface area contributed by atoms with Gasteiger partial charge in [0.15, 0.2) is 5.69 Å². The monoisotopic (exact) mass is 521 g/mol. The summed E-state index contributed by atoms with van der Waals surface area (Å²) in [6.07, 6.45) is -1.27. The summed E-state index contributed by atoms with van der Waals surface area (Å²) in [7, 11) is 0. The molecule has 0 fully saturated rings. The Bertz CT molecular complexity index is 1710. The Kier molecular flexibility index (Phi) is 6.96. The van der Waals surface area contributed by atoms with Gasteiger partial charge < -0.3 is 21.1 Å². The van der Waals surface area contributed by atoms with Gasteiger partial charge >= 0.3 is 6.09 Å². The number of carbonyl (C=O) groups excluding carboxylic acids is 2. The lowest BCUT2D eigenvalue weighted by atomic mass is 9.99. The number of carbonyl (C=O) groups is 3. The first-order valence-corrected chi connectivity index (χ1v) is 12.5. The van der Waals surface area contributed by atoms with E-state index in [4.69, 9.17) is 5.11 Å². The van der Waals surface area contributed by atoms with Crippen LogP contribution in [0, 0.1) is 0 Å². The average Bonchev–Trinajstić information content (AvgIpc) is 3.37. The number of nitrogens with zero attached hydrogens (tertiary/aromatic N) is 2. The van der Waals surface area contributed by atoms with Crippen molar-refractivity contribution in [3.05, 3.63) is 90.6 Å². The van der Waals surface area contributed by atoms with Crippen LogP contribution in [0.15, 0.2) is 84.9 Å². The molecule has 0 unspecified atom stereocenters. The van der Waals surface area contributed by atoms with Crippen molar-refractivity contribution in [2.75, 3.05) is 11.9 Å². The van der Waals surface area contributed by atoms with E-state index in [1.807, 2.05) is 37.4 Å². The number of carboxylic acid groups (broad SMARTS) is 1. The normalized spacial score (nSPS) is 11.1. The molecule has 0 saturated carbocycles. The number of hydrogen-bond acceptors (Lipinski definition) is 4. The van der Waals surface area contributed by atoms with Crippen molar-refractivity contribution in [3.8, 4) is 16.9 Å². The topological polar surface area (TPSA) is 125 Å². The summed E-state index contributed by atoms with van der Waals surface area (Å²) in [5, 5.41) is 25.4. The van der Waals surface area contributed by atoms with Gasteiger partial charge in [-0.25, -0.2) is 9.48 Å². The fraction of sp³-hybridized carbons (Fsp3) is 0.133. The van der Waals surface area contributed by atoms with E-state index in [1.54, 1.807) is 35.0 Å². The molecule has 4 N–H and O–H groups in total. The Labute approximate surface area is 224 Å². The lowest BCUT2D eigenvalue weighted by Crippen LogP contribution is -2.31.